The molecule has 0 aliphatic heterocycles. The number of amides is 1. The lowest BCUT2D eigenvalue weighted by molar-refractivity contribution is -0.385. The molecule has 1 amide bonds. The molecule has 1 N–H and O–H groups in total. The van der Waals surface area contributed by atoms with Crippen LogP contribution in [0.15, 0.2) is 66.3 Å². The van der Waals surface area contributed by atoms with E-state index in [1.54, 1.807) is 24.3 Å². The number of nitrogens with one attached hydrogen (secondary N) is 1. The highest BCUT2D eigenvalue weighted by Gasteiger charge is 2.19. The number of nitro benzene ring substituents is 1. The molecule has 2 aromatic carbocycles. The van der Waals surface area contributed by atoms with E-state index in [2.05, 4.69) is 10.3 Å². The van der Waals surface area contributed by atoms with Gasteiger partial charge in [-0.05, 0) is 18.2 Å². The number of hydrogen-bond acceptors (Lipinski definition) is 5. The normalized spacial score (nSPS) is 10.8. The first-order valence-corrected chi connectivity index (χ1v) is 8.57. The van der Waals surface area contributed by atoms with Crippen LogP contribution in [0.2, 0.25) is 0 Å². The summed E-state index contributed by atoms with van der Waals surface area (Å²) in [7, 11) is 0. The van der Waals surface area contributed by atoms with Gasteiger partial charge in [0.05, 0.1) is 10.6 Å². The minimum atomic E-state index is -0.566. The number of thiazole rings is 1. The summed E-state index contributed by atoms with van der Waals surface area (Å²) in [4.78, 5) is 28.4. The van der Waals surface area contributed by atoms with Crippen LogP contribution in [0.1, 0.15) is 10.4 Å². The van der Waals surface area contributed by atoms with Crippen LogP contribution in [-0.4, -0.2) is 20.2 Å². The van der Waals surface area contributed by atoms with E-state index in [0.717, 1.165) is 16.2 Å². The van der Waals surface area contributed by atoms with Crippen molar-refractivity contribution in [1.82, 2.24) is 9.38 Å². The number of nitro groups is 1. The monoisotopic (exact) mass is 364 g/mol. The van der Waals surface area contributed by atoms with Crippen molar-refractivity contribution in [3.63, 3.8) is 0 Å². The molecule has 0 radical (unpaired) electrons. The van der Waals surface area contributed by atoms with Crippen LogP contribution in [0.3, 0.4) is 0 Å². The zero-order valence-corrected chi connectivity index (χ0v) is 14.1. The Morgan fingerprint density at radius 1 is 1.19 bits per heavy atom. The van der Waals surface area contributed by atoms with Gasteiger partial charge in [-0.25, -0.2) is 4.98 Å². The highest BCUT2D eigenvalue weighted by Crippen LogP contribution is 2.25. The number of aromatic nitrogens is 2. The molecule has 0 unspecified atom stereocenters. The van der Waals surface area contributed by atoms with Gasteiger partial charge in [0.15, 0.2) is 4.96 Å². The molecule has 0 saturated heterocycles. The number of anilines is 1. The van der Waals surface area contributed by atoms with Crippen molar-refractivity contribution in [2.45, 2.75) is 0 Å². The summed E-state index contributed by atoms with van der Waals surface area (Å²) in [5, 5.41) is 15.8. The predicted molar refractivity (Wildman–Crippen MR) is 99.6 cm³/mol. The number of carbonyl (C=O) groups excluding carboxylic acids is 1. The minimum absolute atomic E-state index is 0.0189. The number of benzene rings is 2. The second kappa shape index (κ2) is 6.41. The fraction of sp³-hybridized carbons (Fsp3) is 0. The van der Waals surface area contributed by atoms with E-state index in [0.29, 0.717) is 5.69 Å². The summed E-state index contributed by atoms with van der Waals surface area (Å²) in [6.45, 7) is 0. The van der Waals surface area contributed by atoms with Crippen molar-refractivity contribution in [2.75, 3.05) is 5.32 Å². The lowest BCUT2D eigenvalue weighted by atomic mass is 10.1. The number of hydrogen-bond donors (Lipinski definition) is 1. The molecule has 0 spiro atoms. The Bertz CT molecular complexity index is 1100. The first-order chi connectivity index (χ1) is 12.6. The van der Waals surface area contributed by atoms with Crippen LogP contribution in [0.5, 0.6) is 0 Å². The van der Waals surface area contributed by atoms with Crippen molar-refractivity contribution in [2.24, 2.45) is 0 Å². The average Bonchev–Trinajstić information content (AvgIpc) is 3.24. The number of rotatable bonds is 4. The van der Waals surface area contributed by atoms with Crippen molar-refractivity contribution in [3.8, 4) is 11.3 Å². The predicted octanol–water partition coefficient (Wildman–Crippen LogP) is 4.22. The molecule has 0 fully saturated rings. The first kappa shape index (κ1) is 16.0. The molecule has 2 aromatic heterocycles. The molecule has 0 aliphatic rings. The Kier molecular flexibility index (Phi) is 3.94. The molecule has 0 saturated carbocycles. The Labute approximate surface area is 151 Å². The number of nitrogens with zero attached hydrogens (tertiary/aromatic N) is 3. The van der Waals surface area contributed by atoms with Gasteiger partial charge in [-0.2, -0.15) is 0 Å². The molecule has 0 aliphatic carbocycles. The Hall–Kier alpha value is -3.52. The lowest BCUT2D eigenvalue weighted by Gasteiger charge is -2.07. The molecule has 0 bridgehead atoms. The van der Waals surface area contributed by atoms with E-state index in [9.17, 15) is 14.9 Å². The summed E-state index contributed by atoms with van der Waals surface area (Å²) in [5.74, 6) is -0.528. The molecule has 2 heterocycles. The van der Waals surface area contributed by atoms with Gasteiger partial charge in [0.25, 0.3) is 11.6 Å². The third-order valence-corrected chi connectivity index (χ3v) is 4.63. The van der Waals surface area contributed by atoms with Gasteiger partial charge in [0.1, 0.15) is 5.56 Å². The summed E-state index contributed by atoms with van der Waals surface area (Å²) in [5.41, 5.74) is 1.97. The molecule has 128 valence electrons. The molecule has 4 rings (SSSR count). The summed E-state index contributed by atoms with van der Waals surface area (Å²) in [6, 6.07) is 13.1. The third kappa shape index (κ3) is 2.93. The molecule has 0 atom stereocenters. The van der Waals surface area contributed by atoms with Crippen molar-refractivity contribution >= 4 is 33.6 Å². The van der Waals surface area contributed by atoms with Crippen LogP contribution in [0, 0.1) is 10.1 Å². The standard InChI is InChI=1S/C18H12N4O3S/c23-17(14-6-1-2-7-16(14)22(24)25)19-13-5-3-4-12(10-13)15-11-21-8-9-26-18(21)20-15/h1-11H,(H,19,23). The first-order valence-electron chi connectivity index (χ1n) is 7.69. The minimum Gasteiger partial charge on any atom is -0.322 e. The maximum atomic E-state index is 12.5. The van der Waals surface area contributed by atoms with E-state index in [1.807, 2.05) is 28.2 Å². The second-order valence-corrected chi connectivity index (χ2v) is 6.40. The van der Waals surface area contributed by atoms with Gasteiger partial charge in [0, 0.05) is 35.1 Å². The van der Waals surface area contributed by atoms with Gasteiger partial charge in [-0.1, -0.05) is 24.3 Å². The Balaban J connectivity index is 1.62. The van der Waals surface area contributed by atoms with Gasteiger partial charge in [0.2, 0.25) is 0 Å². The zero-order valence-electron chi connectivity index (χ0n) is 13.3. The highest BCUT2D eigenvalue weighted by molar-refractivity contribution is 7.15. The maximum Gasteiger partial charge on any atom is 0.282 e. The number of fused-ring (bicyclic) bond motifs is 1. The van der Waals surface area contributed by atoms with Crippen molar-refractivity contribution in [3.05, 3.63) is 82.0 Å². The van der Waals surface area contributed by atoms with Crippen LogP contribution in [0.25, 0.3) is 16.2 Å². The summed E-state index contributed by atoms with van der Waals surface area (Å²) < 4.78 is 1.93. The quantitative estimate of drug-likeness (QED) is 0.433. The van der Waals surface area contributed by atoms with Gasteiger partial charge >= 0.3 is 0 Å². The van der Waals surface area contributed by atoms with E-state index in [-0.39, 0.29) is 11.3 Å². The third-order valence-electron chi connectivity index (χ3n) is 3.85. The van der Waals surface area contributed by atoms with E-state index in [1.165, 1.54) is 29.5 Å². The largest absolute Gasteiger partial charge is 0.322 e. The van der Waals surface area contributed by atoms with Crippen molar-refractivity contribution in [1.29, 1.82) is 0 Å². The number of imidazole rings is 1. The fourth-order valence-corrected chi connectivity index (χ4v) is 3.35. The smallest absolute Gasteiger partial charge is 0.282 e. The van der Waals surface area contributed by atoms with Gasteiger partial charge < -0.3 is 5.32 Å². The Morgan fingerprint density at radius 3 is 2.85 bits per heavy atom. The van der Waals surface area contributed by atoms with E-state index in [4.69, 9.17) is 0 Å². The fourth-order valence-electron chi connectivity index (χ4n) is 2.65. The van der Waals surface area contributed by atoms with Gasteiger partial charge in [-0.15, -0.1) is 11.3 Å². The molecular weight excluding hydrogens is 352 g/mol. The molecule has 7 nitrogen and oxygen atoms in total. The van der Waals surface area contributed by atoms with Crippen molar-refractivity contribution < 1.29 is 9.72 Å². The number of carbonyl (C=O) groups is 1. The molecular formula is C18H12N4O3S. The topological polar surface area (TPSA) is 89.5 Å². The lowest BCUT2D eigenvalue weighted by Crippen LogP contribution is -2.13. The van der Waals surface area contributed by atoms with Gasteiger partial charge in [-0.3, -0.25) is 19.3 Å². The zero-order chi connectivity index (χ0) is 18.1. The summed E-state index contributed by atoms with van der Waals surface area (Å²) >= 11 is 1.54. The second-order valence-electron chi connectivity index (χ2n) is 5.53. The number of para-hydroxylation sites is 1. The van der Waals surface area contributed by atoms with Crippen LogP contribution in [-0.2, 0) is 0 Å². The molecule has 8 heteroatoms. The Morgan fingerprint density at radius 2 is 2.04 bits per heavy atom. The van der Waals surface area contributed by atoms with Crippen LogP contribution >= 0.6 is 11.3 Å². The van der Waals surface area contributed by atoms with E-state index >= 15 is 0 Å². The molecule has 26 heavy (non-hydrogen) atoms. The van der Waals surface area contributed by atoms with E-state index < -0.39 is 10.8 Å². The van der Waals surface area contributed by atoms with Crippen LogP contribution in [0.4, 0.5) is 11.4 Å². The average molecular weight is 364 g/mol. The SMILES string of the molecule is O=C(Nc1cccc(-c2cn3ccsc3n2)c1)c1ccccc1[N+](=O)[O-]. The maximum absolute atomic E-state index is 12.5. The van der Waals surface area contributed by atoms with Crippen LogP contribution < -0.4 is 5.32 Å². The molecule has 4 aromatic rings. The summed E-state index contributed by atoms with van der Waals surface area (Å²) in [6.07, 6.45) is 3.84. The highest BCUT2D eigenvalue weighted by atomic mass is 32.1.